The van der Waals surface area contributed by atoms with Crippen molar-refractivity contribution in [2.75, 3.05) is 19.0 Å². The Balaban J connectivity index is 1.25. The normalized spacial score (nSPS) is 47.7. The lowest BCUT2D eigenvalue weighted by atomic mass is 9.45. The highest BCUT2D eigenvalue weighted by Gasteiger charge is 2.89. The van der Waals surface area contributed by atoms with Crippen LogP contribution in [-0.4, -0.2) is 47.5 Å². The highest BCUT2D eigenvalue weighted by Crippen LogP contribution is 2.88. The second-order valence-electron chi connectivity index (χ2n) is 14.4. The van der Waals surface area contributed by atoms with Crippen LogP contribution in [0.2, 0.25) is 0 Å². The highest BCUT2D eigenvalue weighted by molar-refractivity contribution is 5.88. The number of aliphatic hydroxyl groups excluding tert-OH is 1. The van der Waals surface area contributed by atoms with Crippen molar-refractivity contribution in [3.05, 3.63) is 41.5 Å². The number of rotatable bonds is 7. The van der Waals surface area contributed by atoms with Crippen LogP contribution in [0.1, 0.15) is 76.8 Å². The van der Waals surface area contributed by atoms with Crippen molar-refractivity contribution in [2.24, 2.45) is 45.8 Å². The van der Waals surface area contributed by atoms with Crippen molar-refractivity contribution in [1.29, 1.82) is 0 Å². The van der Waals surface area contributed by atoms with E-state index in [0.717, 1.165) is 31.4 Å². The number of fused-ring (bicyclic) bond motifs is 1. The summed E-state index contributed by atoms with van der Waals surface area (Å²) < 4.78 is 5.93. The Morgan fingerprint density at radius 3 is 2.77 bits per heavy atom. The summed E-state index contributed by atoms with van der Waals surface area (Å²) in [6.45, 7) is 7.08. The molecule has 0 aliphatic heterocycles. The molecular formula is C34H47NO4. The zero-order valence-electron chi connectivity index (χ0n) is 24.2. The third-order valence-electron chi connectivity index (χ3n) is 13.4. The molecule has 0 heterocycles. The van der Waals surface area contributed by atoms with E-state index < -0.39 is 5.60 Å². The number of Topliss-reactive ketones (excluding diaryl/α,β-unsaturated/α-hetero) is 1. The predicted molar refractivity (Wildman–Crippen MR) is 152 cm³/mol. The Morgan fingerprint density at radius 2 is 2.03 bits per heavy atom. The van der Waals surface area contributed by atoms with Gasteiger partial charge in [-0.05, 0) is 110 Å². The average Bonchev–Trinajstić information content (AvgIpc) is 3.49. The van der Waals surface area contributed by atoms with Gasteiger partial charge in [-0.25, -0.2) is 0 Å². The molecule has 39 heavy (non-hydrogen) atoms. The molecule has 0 saturated heterocycles. The van der Waals surface area contributed by atoms with Crippen LogP contribution in [0.4, 0.5) is 5.69 Å². The molecule has 0 aromatic heterocycles. The number of hydrogen-bond donors (Lipinski definition) is 3. The SMILES string of the molecule is CCc1ccc(C[C@H]2CC[C@]34CC[C@H]5C[C@]6(CC=C[C@@H]23)[C@@]2(O)[C@@H](OC)CC(=O)[C@@H]2[C@H]5[C@]46C)cc1NC[C@H](C)O. The van der Waals surface area contributed by atoms with Crippen LogP contribution in [0.25, 0.3) is 0 Å². The zero-order chi connectivity index (χ0) is 27.4. The van der Waals surface area contributed by atoms with E-state index in [-0.39, 0.29) is 46.1 Å². The lowest BCUT2D eigenvalue weighted by Gasteiger charge is -2.59. The van der Waals surface area contributed by atoms with Crippen LogP contribution in [-0.2, 0) is 22.4 Å². The van der Waals surface area contributed by atoms with Gasteiger partial charge in [-0.3, -0.25) is 4.79 Å². The summed E-state index contributed by atoms with van der Waals surface area (Å²) in [5.74, 6) is 1.88. The maximum atomic E-state index is 13.6. The molecule has 0 radical (unpaired) electrons. The van der Waals surface area contributed by atoms with Gasteiger partial charge in [0.15, 0.2) is 0 Å². The van der Waals surface area contributed by atoms with Crippen LogP contribution in [0.15, 0.2) is 30.4 Å². The van der Waals surface area contributed by atoms with Gasteiger partial charge < -0.3 is 20.3 Å². The minimum Gasteiger partial charge on any atom is -0.392 e. The molecule has 212 valence electrons. The molecule has 4 bridgehead atoms. The fraction of sp³-hybridized carbons (Fsp3) is 0.735. The van der Waals surface area contributed by atoms with Crippen molar-refractivity contribution in [1.82, 2.24) is 0 Å². The van der Waals surface area contributed by atoms with Gasteiger partial charge in [-0.2, -0.15) is 0 Å². The number of carbonyl (C=O) groups is 1. The third kappa shape index (κ3) is 3.00. The fourth-order valence-corrected chi connectivity index (χ4v) is 12.2. The van der Waals surface area contributed by atoms with Crippen LogP contribution >= 0.6 is 0 Å². The first kappa shape index (κ1) is 26.2. The Bertz CT molecular complexity index is 1210. The first-order chi connectivity index (χ1) is 18.7. The topological polar surface area (TPSA) is 78.8 Å². The maximum Gasteiger partial charge on any atom is 0.141 e. The van der Waals surface area contributed by atoms with E-state index in [2.05, 4.69) is 49.5 Å². The number of nitrogens with one attached hydrogen (secondary N) is 1. The number of hydrogen-bond acceptors (Lipinski definition) is 5. The summed E-state index contributed by atoms with van der Waals surface area (Å²) in [5.41, 5.74) is 2.59. The van der Waals surface area contributed by atoms with Crippen LogP contribution in [0.3, 0.4) is 0 Å². The Morgan fingerprint density at radius 1 is 1.23 bits per heavy atom. The highest BCUT2D eigenvalue weighted by atomic mass is 16.5. The van der Waals surface area contributed by atoms with Gasteiger partial charge in [0.1, 0.15) is 11.4 Å². The molecule has 0 amide bonds. The number of methoxy groups -OCH3 is 1. The quantitative estimate of drug-likeness (QED) is 0.413. The van der Waals surface area contributed by atoms with E-state index in [9.17, 15) is 15.0 Å². The van der Waals surface area contributed by atoms with Crippen LogP contribution in [0.5, 0.6) is 0 Å². The summed E-state index contributed by atoms with van der Waals surface area (Å²) >= 11 is 0. The number of aryl methyl sites for hydroxylation is 1. The van der Waals surface area contributed by atoms with E-state index in [1.165, 1.54) is 36.8 Å². The molecule has 5 fully saturated rings. The van der Waals surface area contributed by atoms with Gasteiger partial charge >= 0.3 is 0 Å². The van der Waals surface area contributed by atoms with Gasteiger partial charge in [0.2, 0.25) is 0 Å². The number of aliphatic hydroxyl groups is 2. The van der Waals surface area contributed by atoms with Crippen LogP contribution < -0.4 is 5.32 Å². The fourth-order valence-electron chi connectivity index (χ4n) is 12.2. The molecular weight excluding hydrogens is 486 g/mol. The molecule has 1 spiro atoms. The van der Waals surface area contributed by atoms with E-state index in [0.29, 0.717) is 30.7 Å². The summed E-state index contributed by atoms with van der Waals surface area (Å²) in [6.07, 6.45) is 13.4. The number of anilines is 1. The molecule has 6 aliphatic carbocycles. The van der Waals surface area contributed by atoms with Crippen molar-refractivity contribution in [3.63, 3.8) is 0 Å². The third-order valence-corrected chi connectivity index (χ3v) is 13.4. The summed E-state index contributed by atoms with van der Waals surface area (Å²) in [5, 5.41) is 26.0. The second-order valence-corrected chi connectivity index (χ2v) is 14.4. The molecule has 7 rings (SSSR count). The number of ketones is 1. The van der Waals surface area contributed by atoms with Gasteiger partial charge in [-0.15, -0.1) is 0 Å². The molecule has 5 heteroatoms. The predicted octanol–water partition coefficient (Wildman–Crippen LogP) is 5.33. The molecule has 1 aromatic rings. The van der Waals surface area contributed by atoms with Crippen LogP contribution in [0, 0.1) is 45.8 Å². The molecule has 6 aliphatic rings. The van der Waals surface area contributed by atoms with Gasteiger partial charge in [-0.1, -0.05) is 38.1 Å². The molecule has 3 N–H and O–H groups in total. The van der Waals surface area contributed by atoms with Gasteiger partial charge in [0.25, 0.3) is 0 Å². The van der Waals surface area contributed by atoms with Gasteiger partial charge in [0.05, 0.1) is 18.1 Å². The lowest BCUT2D eigenvalue weighted by molar-refractivity contribution is -0.193. The van der Waals surface area contributed by atoms with Crippen molar-refractivity contribution < 1.29 is 19.7 Å². The molecule has 5 saturated carbocycles. The first-order valence-corrected chi connectivity index (χ1v) is 15.6. The maximum absolute atomic E-state index is 13.6. The van der Waals surface area contributed by atoms with E-state index in [4.69, 9.17) is 4.74 Å². The standard InChI is InChI=1S/C34H47NO4/c1-5-22-9-8-21(16-26(22)35-19-20(2)36)15-23-10-13-32-14-11-24-18-33(12-6-7-25(23)32)31(32,3)29(24)30-27(37)17-28(39-4)34(30,33)38/h6-9,16,20,23-25,28-30,35-36,38H,5,10-15,17-19H2,1-4H3/t20-,23+,24-,25-,28-,29-,30+,31+,32-,33-,34+/m0/s1. The van der Waals surface area contributed by atoms with E-state index >= 15 is 0 Å². The Labute approximate surface area is 233 Å². The van der Waals surface area contributed by atoms with E-state index in [1.807, 2.05) is 6.92 Å². The molecule has 1 aromatic carbocycles. The summed E-state index contributed by atoms with van der Waals surface area (Å²) in [4.78, 5) is 13.6. The number of carbonyl (C=O) groups excluding carboxylic acids is 1. The largest absolute Gasteiger partial charge is 0.392 e. The zero-order valence-corrected chi connectivity index (χ0v) is 24.2. The van der Waals surface area contributed by atoms with E-state index in [1.54, 1.807) is 7.11 Å². The Kier molecular flexibility index (Phi) is 5.82. The minimum absolute atomic E-state index is 0.0475. The lowest BCUT2D eigenvalue weighted by Crippen LogP contribution is -2.60. The van der Waals surface area contributed by atoms with Crippen molar-refractivity contribution >= 4 is 11.5 Å². The monoisotopic (exact) mass is 533 g/mol. The summed E-state index contributed by atoms with van der Waals surface area (Å²) in [6, 6.07) is 6.90. The van der Waals surface area contributed by atoms with Crippen molar-refractivity contribution in [3.8, 4) is 0 Å². The second kappa shape index (κ2) is 8.66. The number of allylic oxidation sites excluding steroid dienone is 2. The average molecular weight is 534 g/mol. The number of ether oxygens (including phenoxy) is 1. The van der Waals surface area contributed by atoms with Crippen molar-refractivity contribution in [2.45, 2.75) is 96.4 Å². The first-order valence-electron chi connectivity index (χ1n) is 15.6. The number of benzene rings is 1. The smallest absolute Gasteiger partial charge is 0.141 e. The van der Waals surface area contributed by atoms with Gasteiger partial charge in [0, 0.05) is 31.2 Å². The molecule has 11 atom stereocenters. The molecule has 0 unspecified atom stereocenters. The Hall–Kier alpha value is -1.69. The molecule has 5 nitrogen and oxygen atoms in total. The summed E-state index contributed by atoms with van der Waals surface area (Å²) in [7, 11) is 1.69. The minimum atomic E-state index is -1.04.